The highest BCUT2D eigenvalue weighted by molar-refractivity contribution is 7.17. The summed E-state index contributed by atoms with van der Waals surface area (Å²) in [6, 6.07) is 8.33. The Bertz CT molecular complexity index is 867. The summed E-state index contributed by atoms with van der Waals surface area (Å²) in [5.74, 6) is 0.859. The first-order chi connectivity index (χ1) is 11.6. The Morgan fingerprint density at radius 3 is 2.67 bits per heavy atom. The van der Waals surface area contributed by atoms with Gasteiger partial charge in [0.15, 0.2) is 0 Å². The van der Waals surface area contributed by atoms with Gasteiger partial charge in [-0.05, 0) is 25.0 Å². The van der Waals surface area contributed by atoms with Gasteiger partial charge in [-0.15, -0.1) is 5.10 Å². The second-order valence-corrected chi connectivity index (χ2v) is 7.06. The second kappa shape index (κ2) is 6.16. The predicted molar refractivity (Wildman–Crippen MR) is 92.7 cm³/mol. The van der Waals surface area contributed by atoms with Gasteiger partial charge in [-0.1, -0.05) is 35.6 Å². The van der Waals surface area contributed by atoms with Crippen molar-refractivity contribution in [3.8, 4) is 5.88 Å². The van der Waals surface area contributed by atoms with E-state index in [2.05, 4.69) is 34.0 Å². The molecule has 0 amide bonds. The highest BCUT2D eigenvalue weighted by Gasteiger charge is 2.31. The third-order valence-electron chi connectivity index (χ3n) is 4.45. The normalized spacial score (nSPS) is 17.4. The molecule has 2 aromatic heterocycles. The zero-order valence-electron chi connectivity index (χ0n) is 13.8. The zero-order valence-corrected chi connectivity index (χ0v) is 14.6. The lowest BCUT2D eigenvalue weighted by molar-refractivity contribution is 0.0240. The topological polar surface area (TPSA) is 62.9 Å². The Kier molecular flexibility index (Phi) is 3.99. The Hall–Kier alpha value is -1.96. The minimum Gasteiger partial charge on any atom is -0.492 e. The number of hydrogen-bond donors (Lipinski definition) is 1. The maximum atomic E-state index is 10.8. The van der Waals surface area contributed by atoms with Gasteiger partial charge in [0.05, 0.1) is 24.1 Å². The molecule has 0 radical (unpaired) electrons. The van der Waals surface area contributed by atoms with Gasteiger partial charge in [0, 0.05) is 13.1 Å². The maximum absolute atomic E-state index is 10.8. The maximum Gasteiger partial charge on any atom is 0.230 e. The van der Waals surface area contributed by atoms with E-state index in [1.807, 2.05) is 19.1 Å². The molecule has 1 aromatic carbocycles. The Labute approximate surface area is 144 Å². The molecule has 3 heterocycles. The summed E-state index contributed by atoms with van der Waals surface area (Å²) >= 11 is 1.51. The number of aryl methyl sites for hydroxylation is 2. The number of rotatable bonds is 3. The molecule has 0 unspecified atom stereocenters. The van der Waals surface area contributed by atoms with E-state index in [9.17, 15) is 5.11 Å². The lowest BCUT2D eigenvalue weighted by Gasteiger charge is -2.34. The molecule has 1 fully saturated rings. The monoisotopic (exact) mass is 344 g/mol. The first-order valence-corrected chi connectivity index (χ1v) is 8.89. The van der Waals surface area contributed by atoms with Gasteiger partial charge in [0.25, 0.3) is 0 Å². The van der Waals surface area contributed by atoms with Gasteiger partial charge in [-0.25, -0.2) is 4.98 Å². The van der Waals surface area contributed by atoms with Crippen LogP contribution < -0.4 is 0 Å². The number of morpholine rings is 1. The first kappa shape index (κ1) is 15.6. The second-order valence-electron chi connectivity index (χ2n) is 6.05. The molecule has 0 spiro atoms. The van der Waals surface area contributed by atoms with E-state index < -0.39 is 0 Å². The molecular formula is C17H20N4O2S. The van der Waals surface area contributed by atoms with E-state index in [4.69, 9.17) is 4.74 Å². The number of ether oxygens (including phenoxy) is 1. The number of aromatic nitrogens is 3. The van der Waals surface area contributed by atoms with Gasteiger partial charge in [-0.3, -0.25) is 4.90 Å². The Morgan fingerprint density at radius 2 is 1.96 bits per heavy atom. The molecule has 1 N–H and O–H groups in total. The number of hydrogen-bond acceptors (Lipinski definition) is 6. The number of benzene rings is 1. The van der Waals surface area contributed by atoms with Crippen LogP contribution in [0.5, 0.6) is 5.88 Å². The van der Waals surface area contributed by atoms with Crippen LogP contribution in [-0.4, -0.2) is 50.9 Å². The zero-order chi connectivity index (χ0) is 16.7. The molecule has 1 atom stereocenters. The summed E-state index contributed by atoms with van der Waals surface area (Å²) in [4.78, 5) is 8.39. The highest BCUT2D eigenvalue weighted by atomic mass is 32.1. The number of fused-ring (bicyclic) bond motifs is 1. The van der Waals surface area contributed by atoms with Crippen LogP contribution in [-0.2, 0) is 4.74 Å². The summed E-state index contributed by atoms with van der Waals surface area (Å²) in [5.41, 5.74) is 2.42. The number of aromatic hydroxyl groups is 1. The fraction of sp³-hybridized carbons (Fsp3) is 0.412. The molecule has 0 saturated carbocycles. The fourth-order valence-electron chi connectivity index (χ4n) is 3.26. The number of thiazole rings is 1. The van der Waals surface area contributed by atoms with E-state index in [1.54, 1.807) is 4.52 Å². The molecule has 24 heavy (non-hydrogen) atoms. The molecule has 7 heteroatoms. The van der Waals surface area contributed by atoms with Crippen LogP contribution >= 0.6 is 11.3 Å². The van der Waals surface area contributed by atoms with E-state index in [-0.39, 0.29) is 11.9 Å². The van der Waals surface area contributed by atoms with E-state index >= 15 is 0 Å². The van der Waals surface area contributed by atoms with Crippen LogP contribution in [0.25, 0.3) is 4.96 Å². The van der Waals surface area contributed by atoms with Crippen molar-refractivity contribution >= 4 is 16.3 Å². The van der Waals surface area contributed by atoms with Crippen LogP contribution in [0.15, 0.2) is 24.3 Å². The Balaban J connectivity index is 1.86. The van der Waals surface area contributed by atoms with Crippen LogP contribution in [0.2, 0.25) is 0 Å². The molecule has 0 aliphatic carbocycles. The molecule has 1 aliphatic rings. The SMILES string of the molecule is Cc1nc2sc([C@@H](c3ccccc3C)N3CCOCC3)c(O)n2n1. The quantitative estimate of drug-likeness (QED) is 0.791. The largest absolute Gasteiger partial charge is 0.492 e. The first-order valence-electron chi connectivity index (χ1n) is 8.07. The van der Waals surface area contributed by atoms with Crippen molar-refractivity contribution in [3.05, 3.63) is 46.1 Å². The summed E-state index contributed by atoms with van der Waals surface area (Å²) in [6.07, 6.45) is 0. The average molecular weight is 344 g/mol. The average Bonchev–Trinajstić information content (AvgIpc) is 3.09. The minimum atomic E-state index is -0.0103. The predicted octanol–water partition coefficient (Wildman–Crippen LogP) is 2.53. The van der Waals surface area contributed by atoms with Gasteiger partial charge >= 0.3 is 0 Å². The molecular weight excluding hydrogens is 324 g/mol. The van der Waals surface area contributed by atoms with Crippen molar-refractivity contribution < 1.29 is 9.84 Å². The number of nitrogens with zero attached hydrogens (tertiary/aromatic N) is 4. The van der Waals surface area contributed by atoms with Crippen LogP contribution in [0.4, 0.5) is 0 Å². The summed E-state index contributed by atoms with van der Waals surface area (Å²) in [7, 11) is 0. The summed E-state index contributed by atoms with van der Waals surface area (Å²) in [5, 5.41) is 15.1. The van der Waals surface area contributed by atoms with Gasteiger partial charge < -0.3 is 9.84 Å². The van der Waals surface area contributed by atoms with Gasteiger partial charge in [0.1, 0.15) is 5.82 Å². The van der Waals surface area contributed by atoms with E-state index in [0.29, 0.717) is 19.0 Å². The van der Waals surface area contributed by atoms with E-state index in [0.717, 1.165) is 22.9 Å². The molecule has 3 aromatic rings. The van der Waals surface area contributed by atoms with Gasteiger partial charge in [-0.2, -0.15) is 4.52 Å². The third kappa shape index (κ3) is 2.58. The fourth-order valence-corrected chi connectivity index (χ4v) is 4.41. The molecule has 6 nitrogen and oxygen atoms in total. The molecule has 1 saturated heterocycles. The molecule has 1 aliphatic heterocycles. The third-order valence-corrected chi connectivity index (χ3v) is 5.52. The van der Waals surface area contributed by atoms with Crippen molar-refractivity contribution in [2.45, 2.75) is 19.9 Å². The van der Waals surface area contributed by atoms with E-state index in [1.165, 1.54) is 22.5 Å². The van der Waals surface area contributed by atoms with Crippen LogP contribution in [0.3, 0.4) is 0 Å². The lowest BCUT2D eigenvalue weighted by atomic mass is 9.98. The standard InChI is InChI=1S/C17H20N4O2S/c1-11-5-3-4-6-13(11)14(20-7-9-23-10-8-20)15-16(22)21-17(24-15)18-12(2)19-21/h3-6,14,22H,7-10H2,1-2H3/t14-/m1/s1. The molecule has 126 valence electrons. The smallest absolute Gasteiger partial charge is 0.230 e. The minimum absolute atomic E-state index is 0.0103. The van der Waals surface area contributed by atoms with Crippen molar-refractivity contribution in [1.29, 1.82) is 0 Å². The lowest BCUT2D eigenvalue weighted by Crippen LogP contribution is -2.39. The summed E-state index contributed by atoms with van der Waals surface area (Å²) in [6.45, 7) is 7.04. The van der Waals surface area contributed by atoms with Gasteiger partial charge in [0.2, 0.25) is 10.8 Å². The van der Waals surface area contributed by atoms with Crippen molar-refractivity contribution in [1.82, 2.24) is 19.5 Å². The molecule has 0 bridgehead atoms. The molecule has 4 rings (SSSR count). The van der Waals surface area contributed by atoms with Crippen molar-refractivity contribution in [3.63, 3.8) is 0 Å². The van der Waals surface area contributed by atoms with Crippen LogP contribution in [0, 0.1) is 13.8 Å². The highest BCUT2D eigenvalue weighted by Crippen LogP contribution is 2.40. The van der Waals surface area contributed by atoms with Crippen molar-refractivity contribution in [2.75, 3.05) is 26.3 Å². The summed E-state index contributed by atoms with van der Waals surface area (Å²) < 4.78 is 7.05. The Morgan fingerprint density at radius 1 is 1.21 bits per heavy atom. The van der Waals surface area contributed by atoms with Crippen molar-refractivity contribution in [2.24, 2.45) is 0 Å². The van der Waals surface area contributed by atoms with Crippen LogP contribution in [0.1, 0.15) is 27.9 Å².